The number of fused-ring (bicyclic) bond motifs is 1. The Hall–Kier alpha value is -1.94. The molecule has 1 aliphatic heterocycles. The summed E-state index contributed by atoms with van der Waals surface area (Å²) in [5.41, 5.74) is 11.1. The van der Waals surface area contributed by atoms with Gasteiger partial charge in [0.05, 0.1) is 11.9 Å². The maximum Gasteiger partial charge on any atom is 0.155 e. The van der Waals surface area contributed by atoms with Gasteiger partial charge < -0.3 is 11.5 Å². The van der Waals surface area contributed by atoms with Crippen LogP contribution in [0.15, 0.2) is 29.4 Å². The third-order valence-electron chi connectivity index (χ3n) is 5.62. The zero-order chi connectivity index (χ0) is 20.3. The summed E-state index contributed by atoms with van der Waals surface area (Å²) in [4.78, 5) is 4.41. The topological polar surface area (TPSA) is 95.1 Å². The number of halogens is 2. The molecule has 150 valence electrons. The van der Waals surface area contributed by atoms with E-state index in [4.69, 9.17) is 11.5 Å². The smallest absolute Gasteiger partial charge is 0.155 e. The number of rotatable bonds is 5. The van der Waals surface area contributed by atoms with E-state index in [2.05, 4.69) is 34.9 Å². The first kappa shape index (κ1) is 19.4. The van der Waals surface area contributed by atoms with E-state index in [-0.39, 0.29) is 21.4 Å². The largest absolute Gasteiger partial charge is 0.399 e. The summed E-state index contributed by atoms with van der Waals surface area (Å²) in [5.74, 6) is -0.712. The van der Waals surface area contributed by atoms with Crippen molar-refractivity contribution in [2.45, 2.75) is 42.9 Å². The Morgan fingerprint density at radius 2 is 2.07 bits per heavy atom. The van der Waals surface area contributed by atoms with Crippen molar-refractivity contribution in [1.82, 2.24) is 15.0 Å². The zero-order valence-corrected chi connectivity index (χ0v) is 17.9. The Morgan fingerprint density at radius 1 is 1.32 bits per heavy atom. The molecule has 6 nitrogen and oxygen atoms in total. The number of thioether (sulfide) groups is 1. The maximum absolute atomic E-state index is 14.6. The van der Waals surface area contributed by atoms with Gasteiger partial charge in [-0.05, 0) is 24.6 Å². The third-order valence-corrected chi connectivity index (χ3v) is 8.67. The minimum atomic E-state index is -1.58. The summed E-state index contributed by atoms with van der Waals surface area (Å²) in [5, 5.41) is 9.87. The summed E-state index contributed by atoms with van der Waals surface area (Å²) in [6, 6.07) is 4.20. The van der Waals surface area contributed by atoms with E-state index in [0.29, 0.717) is 18.7 Å². The van der Waals surface area contributed by atoms with Crippen LogP contribution in [0.2, 0.25) is 19.6 Å². The molecule has 1 aromatic carbocycles. The van der Waals surface area contributed by atoms with Crippen LogP contribution in [0.3, 0.4) is 0 Å². The quantitative estimate of drug-likeness (QED) is 0.569. The van der Waals surface area contributed by atoms with Crippen LogP contribution < -0.4 is 16.8 Å². The van der Waals surface area contributed by atoms with Crippen LogP contribution in [0.4, 0.5) is 14.5 Å². The zero-order valence-electron chi connectivity index (χ0n) is 16.1. The van der Waals surface area contributed by atoms with Gasteiger partial charge in [0.15, 0.2) is 5.17 Å². The van der Waals surface area contributed by atoms with Crippen LogP contribution in [-0.2, 0) is 12.1 Å². The minimum absolute atomic E-state index is 0.173. The predicted octanol–water partition coefficient (Wildman–Crippen LogP) is 2.23. The molecule has 2 aromatic rings. The standard InChI is InChI=1S/C18H24F2N6SSi/c1-28(2,3)15-8-26(25-24-15)10-17-7-14(17)18(9-19,23-16(22)27-17)12-6-11(21)4-5-13(12)20/h4-6,8,14H,7,9-10,21H2,1-3H3,(H2,22,23)/t14?,17-,18-/m1/s1. The van der Waals surface area contributed by atoms with Gasteiger partial charge in [-0.25, -0.2) is 13.8 Å². The van der Waals surface area contributed by atoms with Crippen molar-refractivity contribution in [1.29, 1.82) is 0 Å². The lowest BCUT2D eigenvalue weighted by atomic mass is 9.84. The molecule has 1 saturated carbocycles. The van der Waals surface area contributed by atoms with Gasteiger partial charge in [0, 0.05) is 28.1 Å². The van der Waals surface area contributed by atoms with Crippen LogP contribution >= 0.6 is 11.8 Å². The summed E-state index contributed by atoms with van der Waals surface area (Å²) < 4.78 is 30.5. The lowest BCUT2D eigenvalue weighted by Gasteiger charge is -2.35. The molecule has 28 heavy (non-hydrogen) atoms. The lowest BCUT2D eigenvalue weighted by molar-refractivity contribution is 0.259. The van der Waals surface area contributed by atoms with Crippen molar-refractivity contribution in [3.05, 3.63) is 35.8 Å². The van der Waals surface area contributed by atoms with Crippen LogP contribution in [0.25, 0.3) is 0 Å². The highest BCUT2D eigenvalue weighted by atomic mass is 32.2. The number of hydrogen-bond acceptors (Lipinski definition) is 6. The van der Waals surface area contributed by atoms with E-state index in [1.165, 1.54) is 30.0 Å². The summed E-state index contributed by atoms with van der Waals surface area (Å²) >= 11 is 1.43. The van der Waals surface area contributed by atoms with Gasteiger partial charge in [-0.3, -0.25) is 4.68 Å². The van der Waals surface area contributed by atoms with Crippen LogP contribution in [0, 0.1) is 11.7 Å². The molecule has 0 amide bonds. The molecule has 4 rings (SSSR count). The van der Waals surface area contributed by atoms with Gasteiger partial charge in [0.1, 0.15) is 26.1 Å². The van der Waals surface area contributed by atoms with Crippen molar-refractivity contribution < 1.29 is 8.78 Å². The highest BCUT2D eigenvalue weighted by Gasteiger charge is 2.68. The Morgan fingerprint density at radius 3 is 2.71 bits per heavy atom. The predicted molar refractivity (Wildman–Crippen MR) is 112 cm³/mol. The molecule has 1 unspecified atom stereocenters. The van der Waals surface area contributed by atoms with Crippen molar-refractivity contribution in [3.8, 4) is 0 Å². The van der Waals surface area contributed by atoms with E-state index >= 15 is 0 Å². The highest BCUT2D eigenvalue weighted by Crippen LogP contribution is 2.66. The summed E-state index contributed by atoms with van der Waals surface area (Å²) in [7, 11) is -1.58. The van der Waals surface area contributed by atoms with Gasteiger partial charge in [-0.2, -0.15) is 0 Å². The van der Waals surface area contributed by atoms with Crippen molar-refractivity contribution in [3.63, 3.8) is 0 Å². The summed E-state index contributed by atoms with van der Waals surface area (Å²) in [6.07, 6.45) is 2.64. The van der Waals surface area contributed by atoms with Crippen LogP contribution in [-0.4, -0.2) is 39.7 Å². The molecule has 2 aliphatic rings. The molecule has 2 heterocycles. The average molecular weight is 423 g/mol. The van der Waals surface area contributed by atoms with Crippen LogP contribution in [0.5, 0.6) is 0 Å². The fraction of sp³-hybridized carbons (Fsp3) is 0.500. The number of hydrogen-bond donors (Lipinski definition) is 2. The van der Waals surface area contributed by atoms with Crippen molar-refractivity contribution in [2.75, 3.05) is 12.4 Å². The number of nitrogens with zero attached hydrogens (tertiary/aromatic N) is 4. The number of aromatic nitrogens is 3. The molecular formula is C18H24F2N6SSi. The molecule has 0 spiro atoms. The molecule has 1 fully saturated rings. The normalized spacial score (nSPS) is 29.3. The fourth-order valence-electron chi connectivity index (χ4n) is 4.03. The maximum atomic E-state index is 14.6. The second-order valence-corrected chi connectivity index (χ2v) is 15.2. The van der Waals surface area contributed by atoms with Crippen LogP contribution in [0.1, 0.15) is 12.0 Å². The number of benzene rings is 1. The second kappa shape index (κ2) is 6.28. The first-order valence-corrected chi connectivity index (χ1v) is 13.5. The van der Waals surface area contributed by atoms with Crippen molar-refractivity contribution >= 4 is 36.0 Å². The van der Waals surface area contributed by atoms with Gasteiger partial charge in [-0.1, -0.05) is 36.6 Å². The number of alkyl halides is 1. The molecule has 4 N–H and O–H groups in total. The Kier molecular flexibility index (Phi) is 4.35. The van der Waals surface area contributed by atoms with Gasteiger partial charge in [0.25, 0.3) is 0 Å². The lowest BCUT2D eigenvalue weighted by Crippen LogP contribution is -2.41. The SMILES string of the molecule is C[Si](C)(C)c1cn(C[C@]23CC2[C@@](CF)(c2cc(N)ccc2F)N=C(N)S3)nn1. The Labute approximate surface area is 167 Å². The average Bonchev–Trinajstić information content (AvgIpc) is 3.11. The molecule has 1 aromatic heterocycles. The number of nitrogens with two attached hydrogens (primary N) is 2. The Balaban J connectivity index is 1.70. The van der Waals surface area contributed by atoms with E-state index in [1.54, 1.807) is 4.68 Å². The van der Waals surface area contributed by atoms with E-state index in [1.807, 2.05) is 6.20 Å². The number of anilines is 1. The fourth-order valence-corrected chi connectivity index (χ4v) is 6.32. The summed E-state index contributed by atoms with van der Waals surface area (Å²) in [6.45, 7) is 6.31. The number of aliphatic imine (C=N–C) groups is 1. The Bertz CT molecular complexity index is 958. The third kappa shape index (κ3) is 3.02. The number of nitrogen functional groups attached to an aromatic ring is 1. The molecule has 1 aliphatic carbocycles. The first-order chi connectivity index (χ1) is 13.1. The molecule has 3 atom stereocenters. The van der Waals surface area contributed by atoms with Gasteiger partial charge >= 0.3 is 0 Å². The molecule has 0 bridgehead atoms. The van der Waals surface area contributed by atoms with Gasteiger partial charge in [-0.15, -0.1) is 5.10 Å². The van der Waals surface area contributed by atoms with Gasteiger partial charge in [0.2, 0.25) is 0 Å². The van der Waals surface area contributed by atoms with E-state index in [9.17, 15) is 8.78 Å². The van der Waals surface area contributed by atoms with Crippen molar-refractivity contribution in [2.24, 2.45) is 16.6 Å². The monoisotopic (exact) mass is 422 g/mol. The molecular weight excluding hydrogens is 398 g/mol. The minimum Gasteiger partial charge on any atom is -0.399 e. The molecule has 0 radical (unpaired) electrons. The van der Waals surface area contributed by atoms with E-state index < -0.39 is 26.1 Å². The molecule has 0 saturated heterocycles. The molecule has 10 heteroatoms. The van der Waals surface area contributed by atoms with E-state index in [0.717, 1.165) is 5.32 Å². The first-order valence-electron chi connectivity index (χ1n) is 9.16. The second-order valence-electron chi connectivity index (χ2n) is 8.72. The number of amidine groups is 1. The highest BCUT2D eigenvalue weighted by molar-refractivity contribution is 8.15.